The zero-order valence-electron chi connectivity index (χ0n) is 55.4. The van der Waals surface area contributed by atoms with Gasteiger partial charge in [-0.1, -0.05) is 64.4 Å². The highest BCUT2D eigenvalue weighted by Gasteiger charge is 2.58. The van der Waals surface area contributed by atoms with Crippen LogP contribution in [0.4, 0.5) is 0 Å². The third kappa shape index (κ3) is 20.6. The number of benzene rings is 1. The highest BCUT2D eigenvalue weighted by molar-refractivity contribution is 5.94. The predicted molar refractivity (Wildman–Crippen MR) is 329 cm³/mol. The van der Waals surface area contributed by atoms with Crippen LogP contribution in [0.3, 0.4) is 0 Å². The van der Waals surface area contributed by atoms with E-state index in [2.05, 4.69) is 33.5 Å². The lowest BCUT2D eigenvalue weighted by molar-refractivity contribution is -0.368. The van der Waals surface area contributed by atoms with Crippen LogP contribution in [0.1, 0.15) is 110 Å². The number of hydrogen-bond acceptors (Lipinski definition) is 31. The van der Waals surface area contributed by atoms with Crippen LogP contribution in [0, 0.1) is 0 Å². The minimum absolute atomic E-state index is 0.0594. The summed E-state index contributed by atoms with van der Waals surface area (Å²) in [7, 11) is 0. The zero-order valence-corrected chi connectivity index (χ0v) is 55.4. The summed E-state index contributed by atoms with van der Waals surface area (Å²) in [6.45, 7) is 3.38. The Morgan fingerprint density at radius 2 is 0.816 bits per heavy atom. The molecule has 30 atom stereocenters. The van der Waals surface area contributed by atoms with E-state index in [0.29, 0.717) is 12.4 Å². The lowest BCUT2D eigenvalue weighted by atomic mass is 9.93. The van der Waals surface area contributed by atoms with E-state index in [4.69, 9.17) is 56.8 Å². The van der Waals surface area contributed by atoms with E-state index in [1.165, 1.54) is 51.2 Å². The smallest absolute Gasteiger partial charge is 0.251 e. The second-order valence-corrected chi connectivity index (χ2v) is 25.4. The summed E-state index contributed by atoms with van der Waals surface area (Å²) in [6.07, 6.45) is -34.9. The van der Waals surface area contributed by atoms with Gasteiger partial charge in [0.15, 0.2) is 37.7 Å². The van der Waals surface area contributed by atoms with Gasteiger partial charge in [0, 0.05) is 33.3 Å². The Morgan fingerprint density at radius 3 is 1.26 bits per heavy atom. The van der Waals surface area contributed by atoms with Gasteiger partial charge in [-0.05, 0) is 31.5 Å². The van der Waals surface area contributed by atoms with Gasteiger partial charge >= 0.3 is 0 Å². The van der Waals surface area contributed by atoms with Gasteiger partial charge in [-0.25, -0.2) is 0 Å². The number of aliphatic hydroxyl groups excluding tert-OH is 14. The fraction of sp³-hybridized carbons (Fsp3) is 0.823. The number of carbonyl (C=O) groups excluding carboxylic acids is 5. The Morgan fingerprint density at radius 1 is 0.418 bits per heavy atom. The molecule has 6 aliphatic rings. The molecule has 560 valence electrons. The number of carbonyl (C=O) groups is 5. The van der Waals surface area contributed by atoms with Gasteiger partial charge in [-0.2, -0.15) is 0 Å². The predicted octanol–water partition coefficient (Wildman–Crippen LogP) is -7.15. The highest BCUT2D eigenvalue weighted by atomic mass is 16.8. The molecule has 1 aromatic carbocycles. The summed E-state index contributed by atoms with van der Waals surface area (Å²) < 4.78 is 72.0. The molecule has 0 aliphatic carbocycles. The van der Waals surface area contributed by atoms with Crippen molar-refractivity contribution in [3.8, 4) is 5.75 Å². The molecule has 1 aromatic rings. The van der Waals surface area contributed by atoms with Crippen LogP contribution < -0.4 is 31.3 Å². The first kappa shape index (κ1) is 80.7. The molecule has 6 aliphatic heterocycles. The van der Waals surface area contributed by atoms with E-state index in [9.17, 15) is 95.5 Å². The first-order valence-electron chi connectivity index (χ1n) is 33.2. The van der Waals surface area contributed by atoms with Crippen LogP contribution in [0.2, 0.25) is 0 Å². The Balaban J connectivity index is 1.07. The largest absolute Gasteiger partial charge is 0.494 e. The normalized spacial score (nSPS) is 39.8. The molecule has 0 spiro atoms. The van der Waals surface area contributed by atoms with Crippen molar-refractivity contribution in [1.29, 1.82) is 0 Å². The second-order valence-electron chi connectivity index (χ2n) is 25.4. The SMILES string of the molecule is CCCCCCCCCCCOc1cccc(C(=O)NC2[C@H](O[C@H]3C(O)C(NC(C)=O)[C@H](OC4C(CO)O[C@@H](O[C@H]5C(O)C(NC(C)=O)[C@H](OC6C(CO[C@@H]7OC(C)[C@@H](O)C(O)[C@H]7O)O[C@@H](O)[C@@H](NC(C)=O)[C@H]6O)O[C@H]5CO)[C@@H](NC(C)=O)[C@H]4O)O[C@H]3CO)OC(CO)[C@@H](O)[C@@H]2O)c1. The zero-order chi connectivity index (χ0) is 71.8. The minimum atomic E-state index is -2.07. The van der Waals surface area contributed by atoms with Gasteiger partial charge in [0.1, 0.15) is 146 Å². The molecule has 6 fully saturated rings. The van der Waals surface area contributed by atoms with Crippen LogP contribution in [0.5, 0.6) is 5.75 Å². The molecular formula is C62H101N5O31. The van der Waals surface area contributed by atoms with E-state index >= 15 is 0 Å². The molecular weight excluding hydrogens is 1310 g/mol. The molecule has 0 bridgehead atoms. The minimum Gasteiger partial charge on any atom is -0.494 e. The van der Waals surface area contributed by atoms with E-state index < -0.39 is 246 Å². The maximum absolute atomic E-state index is 14.0. The van der Waals surface area contributed by atoms with Crippen molar-refractivity contribution in [1.82, 2.24) is 26.6 Å². The molecule has 5 amide bonds. The number of aliphatic hydroxyl groups is 14. The van der Waals surface area contributed by atoms with Gasteiger partial charge in [0.05, 0.1) is 45.7 Å². The van der Waals surface area contributed by atoms with Crippen LogP contribution >= 0.6 is 0 Å². The standard InChI is InChI=1S/C62H101N5O31/c1-7-8-9-10-11-12-13-14-15-19-87-32-18-16-17-31(20-32)56(85)67-39-45(78)44(77)33(21-68)91-58(39)95-52-34(22-69)92-59(40(47(52)80)64-28(4)73)96-53-35(23-70)93-60(41(48(53)81)65-29(5)74)97-54-36(24-71)94-61(42(49(54)82)66-30(6)75)98-55-37(90-57(86)38(46(55)79)63-27(3)72)25-88-62-51(84)50(83)43(76)26(2)89-62/h16-18,20,26,33-55,57-62,68-71,76-84,86H,7-15,19,21-25H2,1-6H3,(H,63,72)(H,64,73)(H,65,74)(H,66,75)(H,67,85)/t26?,33?,34-,35?,36-,37?,38-,39?,40?,41-,42?,43+,44+,45+,46+,47?,48+,49?,50?,51+,52+,53?,54+,55?,57+,58-,59-,60-,61-,62+/m0/s1. The lowest BCUT2D eigenvalue weighted by Crippen LogP contribution is -2.72. The number of amides is 5. The Kier molecular flexibility index (Phi) is 31.3. The number of rotatable bonds is 32. The average Bonchev–Trinajstić information content (AvgIpc) is 0.772. The molecule has 6 heterocycles. The molecule has 19 N–H and O–H groups in total. The first-order chi connectivity index (χ1) is 46.7. The monoisotopic (exact) mass is 1410 g/mol. The van der Waals surface area contributed by atoms with E-state index in [1.807, 2.05) is 0 Å². The first-order valence-corrected chi connectivity index (χ1v) is 33.2. The van der Waals surface area contributed by atoms with Crippen LogP contribution in [0.25, 0.3) is 0 Å². The summed E-state index contributed by atoms with van der Waals surface area (Å²) in [5, 5.41) is 168. The van der Waals surface area contributed by atoms with Crippen LogP contribution in [-0.4, -0.2) is 325 Å². The third-order valence-electron chi connectivity index (χ3n) is 17.9. The Hall–Kier alpha value is -4.63. The number of hydrogen-bond donors (Lipinski definition) is 19. The van der Waals surface area contributed by atoms with E-state index in [1.54, 1.807) is 12.1 Å². The summed E-state index contributed by atoms with van der Waals surface area (Å²) in [5.74, 6) is -3.68. The highest BCUT2D eigenvalue weighted by Crippen LogP contribution is 2.37. The fourth-order valence-electron chi connectivity index (χ4n) is 12.7. The van der Waals surface area contributed by atoms with Crippen molar-refractivity contribution in [3.05, 3.63) is 29.8 Å². The van der Waals surface area contributed by atoms with Crippen LogP contribution in [0.15, 0.2) is 24.3 Å². The van der Waals surface area contributed by atoms with Crippen molar-refractivity contribution in [3.63, 3.8) is 0 Å². The quantitative estimate of drug-likeness (QED) is 0.0298. The molecule has 98 heavy (non-hydrogen) atoms. The fourth-order valence-corrected chi connectivity index (χ4v) is 12.7. The second kappa shape index (κ2) is 38.0. The maximum Gasteiger partial charge on any atom is 0.251 e. The van der Waals surface area contributed by atoms with Crippen LogP contribution in [-0.2, 0) is 71.3 Å². The van der Waals surface area contributed by atoms with Gasteiger partial charge in [-0.15, -0.1) is 0 Å². The summed E-state index contributed by atoms with van der Waals surface area (Å²) in [4.78, 5) is 65.0. The van der Waals surface area contributed by atoms with E-state index in [-0.39, 0.29) is 5.56 Å². The molecule has 36 heteroatoms. The van der Waals surface area contributed by atoms with Crippen molar-refractivity contribution >= 4 is 29.5 Å². The maximum atomic E-state index is 14.0. The van der Waals surface area contributed by atoms with Gasteiger partial charge < -0.3 is 155 Å². The van der Waals surface area contributed by atoms with Crippen molar-refractivity contribution in [2.75, 3.05) is 39.6 Å². The summed E-state index contributed by atoms with van der Waals surface area (Å²) in [6, 6.07) is -2.45. The molecule has 0 radical (unpaired) electrons. The lowest BCUT2D eigenvalue weighted by Gasteiger charge is -2.51. The average molecular weight is 1410 g/mol. The Bertz CT molecular complexity index is 2660. The third-order valence-corrected chi connectivity index (χ3v) is 17.9. The number of unbranched alkanes of at least 4 members (excludes halogenated alkanes) is 8. The summed E-state index contributed by atoms with van der Waals surface area (Å²) in [5.41, 5.74) is 0.0594. The van der Waals surface area contributed by atoms with Gasteiger partial charge in [0.25, 0.3) is 5.91 Å². The molecule has 0 saturated carbocycles. The van der Waals surface area contributed by atoms with Gasteiger partial charge in [0.2, 0.25) is 23.6 Å². The van der Waals surface area contributed by atoms with Crippen molar-refractivity contribution < 1.29 is 152 Å². The van der Waals surface area contributed by atoms with E-state index in [0.717, 1.165) is 53.4 Å². The Labute approximate surface area is 565 Å². The van der Waals surface area contributed by atoms with Crippen molar-refractivity contribution in [2.24, 2.45) is 0 Å². The molecule has 7 rings (SSSR count). The molecule has 6 saturated heterocycles. The molecule has 12 unspecified atom stereocenters. The number of ether oxygens (including phenoxy) is 12. The van der Waals surface area contributed by atoms with Gasteiger partial charge in [-0.3, -0.25) is 24.0 Å². The molecule has 36 nitrogen and oxygen atoms in total. The molecule has 0 aromatic heterocycles. The number of nitrogens with one attached hydrogen (secondary N) is 5. The topological polar surface area (TPSA) is 539 Å². The van der Waals surface area contributed by atoms with Crippen molar-refractivity contribution in [2.45, 2.75) is 283 Å². The summed E-state index contributed by atoms with van der Waals surface area (Å²) >= 11 is 0.